The summed E-state index contributed by atoms with van der Waals surface area (Å²) in [6, 6.07) is 1.41. The molecule has 1 unspecified atom stereocenters. The highest BCUT2D eigenvalue weighted by atomic mass is 19.1. The first-order valence-electron chi connectivity index (χ1n) is 5.12. The molecule has 1 aromatic rings. The van der Waals surface area contributed by atoms with Crippen LogP contribution in [0.1, 0.15) is 23.7 Å². The molecule has 0 heterocycles. The van der Waals surface area contributed by atoms with E-state index < -0.39 is 17.5 Å². The van der Waals surface area contributed by atoms with E-state index in [1.807, 2.05) is 0 Å². The van der Waals surface area contributed by atoms with E-state index in [9.17, 15) is 13.6 Å². The summed E-state index contributed by atoms with van der Waals surface area (Å²) in [5.74, 6) is -2.43. The van der Waals surface area contributed by atoms with Gasteiger partial charge in [0.25, 0.3) is 5.91 Å². The molecule has 0 aliphatic rings. The fourth-order valence-electron chi connectivity index (χ4n) is 1.35. The maximum atomic E-state index is 13.3. The van der Waals surface area contributed by atoms with Crippen LogP contribution in [0.4, 0.5) is 14.5 Å². The van der Waals surface area contributed by atoms with Gasteiger partial charge in [0.1, 0.15) is 11.6 Å². The minimum absolute atomic E-state index is 0.175. The number of nitrogens with two attached hydrogens (primary N) is 1. The lowest BCUT2D eigenvalue weighted by atomic mass is 10.1. The molecule has 0 aliphatic carbocycles. The van der Waals surface area contributed by atoms with Crippen LogP contribution < -0.4 is 11.1 Å². The van der Waals surface area contributed by atoms with E-state index >= 15 is 0 Å². The summed E-state index contributed by atoms with van der Waals surface area (Å²) in [5, 5.41) is 2.56. The Balaban J connectivity index is 2.89. The molecule has 0 radical (unpaired) electrons. The molecule has 3 nitrogen and oxygen atoms in total. The van der Waals surface area contributed by atoms with E-state index in [-0.39, 0.29) is 17.3 Å². The van der Waals surface area contributed by atoms with Crippen molar-refractivity contribution in [3.63, 3.8) is 0 Å². The smallest absolute Gasteiger partial charge is 0.254 e. The zero-order chi connectivity index (χ0) is 13.0. The van der Waals surface area contributed by atoms with Gasteiger partial charge in [-0.05, 0) is 19.4 Å². The Kier molecular flexibility index (Phi) is 4.20. The molecule has 17 heavy (non-hydrogen) atoms. The van der Waals surface area contributed by atoms with Crippen LogP contribution in [0.15, 0.2) is 24.8 Å². The van der Waals surface area contributed by atoms with Crippen molar-refractivity contribution in [1.82, 2.24) is 5.32 Å². The predicted molar refractivity (Wildman–Crippen MR) is 62.5 cm³/mol. The second-order valence-corrected chi connectivity index (χ2v) is 3.75. The van der Waals surface area contributed by atoms with Gasteiger partial charge in [-0.2, -0.15) is 0 Å². The Hall–Kier alpha value is -1.91. The summed E-state index contributed by atoms with van der Waals surface area (Å²) in [4.78, 5) is 11.7. The van der Waals surface area contributed by atoms with Gasteiger partial charge < -0.3 is 11.1 Å². The average molecular weight is 240 g/mol. The zero-order valence-corrected chi connectivity index (χ0v) is 9.47. The van der Waals surface area contributed by atoms with Gasteiger partial charge in [0.2, 0.25) is 0 Å². The second-order valence-electron chi connectivity index (χ2n) is 3.75. The van der Waals surface area contributed by atoms with Crippen molar-refractivity contribution in [2.75, 3.05) is 5.73 Å². The molecule has 0 aliphatic heterocycles. The predicted octanol–water partition coefficient (Wildman–Crippen LogP) is 2.24. The van der Waals surface area contributed by atoms with Crippen LogP contribution >= 0.6 is 0 Å². The van der Waals surface area contributed by atoms with Crippen molar-refractivity contribution < 1.29 is 13.6 Å². The molecule has 0 saturated carbocycles. The molecule has 1 rings (SSSR count). The first kappa shape index (κ1) is 13.2. The highest BCUT2D eigenvalue weighted by Gasteiger charge is 2.16. The molecule has 0 aromatic heterocycles. The van der Waals surface area contributed by atoms with Crippen LogP contribution in [0.2, 0.25) is 0 Å². The standard InChI is InChI=1S/C12H14F2N2O/c1-3-4-7(2)16-12(17)8-5-11(15)10(14)6-9(8)13/h3,5-7H,1,4,15H2,2H3,(H,16,17). The number of hydrogen-bond donors (Lipinski definition) is 2. The number of benzene rings is 1. The van der Waals surface area contributed by atoms with Crippen LogP contribution in [-0.4, -0.2) is 11.9 Å². The topological polar surface area (TPSA) is 55.1 Å². The molecular formula is C12H14F2N2O. The van der Waals surface area contributed by atoms with Crippen LogP contribution in [0.5, 0.6) is 0 Å². The largest absolute Gasteiger partial charge is 0.396 e. The summed E-state index contributed by atoms with van der Waals surface area (Å²) < 4.78 is 26.2. The Morgan fingerprint density at radius 2 is 2.18 bits per heavy atom. The number of anilines is 1. The Labute approximate surface area is 98.3 Å². The van der Waals surface area contributed by atoms with E-state index in [4.69, 9.17) is 5.73 Å². The van der Waals surface area contributed by atoms with Crippen molar-refractivity contribution in [2.45, 2.75) is 19.4 Å². The minimum Gasteiger partial charge on any atom is -0.396 e. The number of rotatable bonds is 4. The third kappa shape index (κ3) is 3.27. The fraction of sp³-hybridized carbons (Fsp3) is 0.250. The van der Waals surface area contributed by atoms with Crippen molar-refractivity contribution in [3.8, 4) is 0 Å². The van der Waals surface area contributed by atoms with Gasteiger partial charge in [0.15, 0.2) is 0 Å². The Morgan fingerprint density at radius 3 is 2.76 bits per heavy atom. The third-order valence-electron chi connectivity index (χ3n) is 2.23. The molecule has 92 valence electrons. The maximum absolute atomic E-state index is 13.3. The average Bonchev–Trinajstić information content (AvgIpc) is 2.23. The molecule has 1 aromatic carbocycles. The molecule has 1 amide bonds. The first-order chi connectivity index (χ1) is 7.95. The summed E-state index contributed by atoms with van der Waals surface area (Å²) in [7, 11) is 0. The highest BCUT2D eigenvalue weighted by Crippen LogP contribution is 2.16. The van der Waals surface area contributed by atoms with E-state index in [0.717, 1.165) is 6.07 Å². The number of nitrogen functional groups attached to an aromatic ring is 1. The fourth-order valence-corrected chi connectivity index (χ4v) is 1.35. The monoisotopic (exact) mass is 240 g/mol. The lowest BCUT2D eigenvalue weighted by molar-refractivity contribution is 0.0936. The van der Waals surface area contributed by atoms with Crippen LogP contribution in [0.3, 0.4) is 0 Å². The van der Waals surface area contributed by atoms with E-state index in [1.165, 1.54) is 0 Å². The van der Waals surface area contributed by atoms with Gasteiger partial charge >= 0.3 is 0 Å². The SMILES string of the molecule is C=CCC(C)NC(=O)c1cc(N)c(F)cc1F. The van der Waals surface area contributed by atoms with Crippen molar-refractivity contribution in [3.05, 3.63) is 42.0 Å². The van der Waals surface area contributed by atoms with Gasteiger partial charge in [-0.1, -0.05) is 6.08 Å². The number of amides is 1. The lowest BCUT2D eigenvalue weighted by Crippen LogP contribution is -2.32. The number of halogens is 2. The molecule has 5 heteroatoms. The normalized spacial score (nSPS) is 11.9. The molecule has 0 saturated heterocycles. The van der Waals surface area contributed by atoms with Gasteiger partial charge in [0.05, 0.1) is 11.3 Å². The van der Waals surface area contributed by atoms with E-state index in [2.05, 4.69) is 11.9 Å². The highest BCUT2D eigenvalue weighted by molar-refractivity contribution is 5.95. The second kappa shape index (κ2) is 5.43. The third-order valence-corrected chi connectivity index (χ3v) is 2.23. The molecule has 0 spiro atoms. The zero-order valence-electron chi connectivity index (χ0n) is 9.47. The van der Waals surface area contributed by atoms with Crippen molar-refractivity contribution in [1.29, 1.82) is 0 Å². The van der Waals surface area contributed by atoms with Crippen LogP contribution in [-0.2, 0) is 0 Å². The molecule has 0 fully saturated rings. The van der Waals surface area contributed by atoms with Crippen molar-refractivity contribution >= 4 is 11.6 Å². The number of nitrogens with one attached hydrogen (secondary N) is 1. The van der Waals surface area contributed by atoms with Gasteiger partial charge in [-0.3, -0.25) is 4.79 Å². The minimum atomic E-state index is -0.931. The van der Waals surface area contributed by atoms with Crippen LogP contribution in [0.25, 0.3) is 0 Å². The summed E-state index contributed by atoms with van der Waals surface area (Å²) >= 11 is 0. The summed E-state index contributed by atoms with van der Waals surface area (Å²) in [6.45, 7) is 5.28. The van der Waals surface area contributed by atoms with Gasteiger partial charge in [-0.25, -0.2) is 8.78 Å². The number of carbonyl (C=O) groups excluding carboxylic acids is 1. The molecule has 3 N–H and O–H groups in total. The van der Waals surface area contributed by atoms with Crippen molar-refractivity contribution in [2.24, 2.45) is 0 Å². The number of carbonyl (C=O) groups is 1. The van der Waals surface area contributed by atoms with E-state index in [1.54, 1.807) is 13.0 Å². The molecule has 1 atom stereocenters. The Bertz CT molecular complexity index is 446. The van der Waals surface area contributed by atoms with Gasteiger partial charge in [-0.15, -0.1) is 6.58 Å². The lowest BCUT2D eigenvalue weighted by Gasteiger charge is -2.12. The first-order valence-corrected chi connectivity index (χ1v) is 5.12. The van der Waals surface area contributed by atoms with Crippen LogP contribution in [0, 0.1) is 11.6 Å². The maximum Gasteiger partial charge on any atom is 0.254 e. The molecular weight excluding hydrogens is 226 g/mol. The molecule has 0 bridgehead atoms. The summed E-state index contributed by atoms with van der Waals surface area (Å²) in [5.41, 5.74) is 4.76. The summed E-state index contributed by atoms with van der Waals surface area (Å²) in [6.07, 6.45) is 2.20. The quantitative estimate of drug-likeness (QED) is 0.626. The number of hydrogen-bond acceptors (Lipinski definition) is 2. The van der Waals surface area contributed by atoms with E-state index in [0.29, 0.717) is 12.5 Å². The van der Waals surface area contributed by atoms with Gasteiger partial charge in [0, 0.05) is 12.1 Å². The Morgan fingerprint density at radius 1 is 1.53 bits per heavy atom.